The van der Waals surface area contributed by atoms with Crippen LogP contribution in [-0.2, 0) is 29.2 Å². The second-order valence-electron chi connectivity index (χ2n) is 15.1. The first-order chi connectivity index (χ1) is 25.1. The molecule has 13 nitrogen and oxygen atoms in total. The molecule has 4 amide bonds. The smallest absolute Gasteiger partial charge is 0.259 e. The number of methoxy groups -OCH3 is 1. The number of ether oxygens (including phenoxy) is 2. The number of likely N-dealkylation sites (tertiary alicyclic amines) is 1. The molecule has 3 N–H and O–H groups in total. The van der Waals surface area contributed by atoms with Gasteiger partial charge in [-0.3, -0.25) is 23.9 Å². The summed E-state index contributed by atoms with van der Waals surface area (Å²) in [5.74, 6) is -1.70. The third-order valence-corrected chi connectivity index (χ3v) is 12.0. The summed E-state index contributed by atoms with van der Waals surface area (Å²) in [6, 6.07) is 14.8. The number of aromatic nitrogens is 1. The fourth-order valence-electron chi connectivity index (χ4n) is 6.81. The molecule has 2 heterocycles. The molecule has 0 spiro atoms. The van der Waals surface area contributed by atoms with E-state index in [2.05, 4.69) is 21.9 Å². The van der Waals surface area contributed by atoms with Gasteiger partial charge in [0.25, 0.3) is 5.91 Å². The highest BCUT2D eigenvalue weighted by atomic mass is 32.2. The minimum Gasteiger partial charge on any atom is -0.497 e. The predicted molar refractivity (Wildman–Crippen MR) is 199 cm³/mol. The van der Waals surface area contributed by atoms with E-state index in [0.29, 0.717) is 40.9 Å². The number of amides is 4. The molecule has 14 heteroatoms. The van der Waals surface area contributed by atoms with Crippen LogP contribution in [0.15, 0.2) is 67.3 Å². The van der Waals surface area contributed by atoms with E-state index in [1.807, 2.05) is 63.2 Å². The van der Waals surface area contributed by atoms with Crippen LogP contribution in [0, 0.1) is 11.3 Å². The zero-order valence-corrected chi connectivity index (χ0v) is 31.5. The lowest BCUT2D eigenvalue weighted by Gasteiger charge is -2.35. The highest BCUT2D eigenvalue weighted by molar-refractivity contribution is 7.91. The Kier molecular flexibility index (Phi) is 10.3. The van der Waals surface area contributed by atoms with Crippen molar-refractivity contribution in [2.24, 2.45) is 11.3 Å². The number of rotatable bonds is 13. The van der Waals surface area contributed by atoms with Gasteiger partial charge < -0.3 is 25.0 Å². The van der Waals surface area contributed by atoms with Gasteiger partial charge in [-0.05, 0) is 36.8 Å². The quantitative estimate of drug-likeness (QED) is 0.220. The standard InChI is InChI=1S/C39H47N5O8S/c1-7-24-21-39(24,37(48)43-53(49,50)27-15-16-27)42-35(46)31-19-26(22-44(31)36(47)34(38(3,4)5)41-33(45)8-2)52-32-20-29(23-12-10-9-11-13-23)40-30-18-25(51-6)14-17-28(30)32/h7,9-14,17-18,20,24,26-27,31,34H,1,8,15-16,19,21-22H2,2-6H3,(H,41,45)(H,42,46)(H,43,48)/t24?,26-,31+,34-,39?/m1/s1. The molecule has 282 valence electrons. The molecule has 2 saturated carbocycles. The van der Waals surface area contributed by atoms with Crippen molar-refractivity contribution in [3.8, 4) is 22.8 Å². The molecule has 1 aliphatic heterocycles. The molecular weight excluding hydrogens is 699 g/mol. The number of carbonyl (C=O) groups excluding carboxylic acids is 4. The first-order valence-corrected chi connectivity index (χ1v) is 19.5. The number of pyridine rings is 1. The molecule has 3 aromatic rings. The Morgan fingerprint density at radius 2 is 1.81 bits per heavy atom. The van der Waals surface area contributed by atoms with Gasteiger partial charge in [0.1, 0.15) is 35.2 Å². The van der Waals surface area contributed by atoms with Crippen LogP contribution >= 0.6 is 0 Å². The van der Waals surface area contributed by atoms with Crippen molar-refractivity contribution in [3.63, 3.8) is 0 Å². The Labute approximate surface area is 309 Å². The number of fused-ring (bicyclic) bond motifs is 1. The van der Waals surface area contributed by atoms with Gasteiger partial charge in [0.2, 0.25) is 27.7 Å². The van der Waals surface area contributed by atoms with E-state index >= 15 is 0 Å². The van der Waals surface area contributed by atoms with Gasteiger partial charge in [0.05, 0.1) is 30.1 Å². The second kappa shape index (κ2) is 14.4. The summed E-state index contributed by atoms with van der Waals surface area (Å²) < 4.78 is 39.7. The topological polar surface area (TPSA) is 173 Å². The fraction of sp³-hybridized carbons (Fsp3) is 0.462. The Hall–Kier alpha value is -4.98. The molecule has 1 saturated heterocycles. The number of hydrogen-bond donors (Lipinski definition) is 3. The van der Waals surface area contributed by atoms with E-state index in [4.69, 9.17) is 14.5 Å². The fourth-order valence-corrected chi connectivity index (χ4v) is 8.17. The lowest BCUT2D eigenvalue weighted by atomic mass is 9.85. The third kappa shape index (κ3) is 7.87. The van der Waals surface area contributed by atoms with Crippen LogP contribution < -0.4 is 24.8 Å². The zero-order chi connectivity index (χ0) is 38.3. The van der Waals surface area contributed by atoms with Crippen LogP contribution in [0.4, 0.5) is 0 Å². The first kappa shape index (κ1) is 37.8. The molecule has 6 rings (SSSR count). The highest BCUT2D eigenvalue weighted by Crippen LogP contribution is 2.46. The van der Waals surface area contributed by atoms with E-state index in [-0.39, 0.29) is 31.7 Å². The van der Waals surface area contributed by atoms with Crippen molar-refractivity contribution in [1.29, 1.82) is 0 Å². The number of benzene rings is 2. The van der Waals surface area contributed by atoms with Crippen molar-refractivity contribution in [3.05, 3.63) is 67.3 Å². The van der Waals surface area contributed by atoms with Gasteiger partial charge in [-0.1, -0.05) is 64.1 Å². The summed E-state index contributed by atoms with van der Waals surface area (Å²) >= 11 is 0. The van der Waals surface area contributed by atoms with Crippen LogP contribution in [0.2, 0.25) is 0 Å². The molecule has 0 bridgehead atoms. The van der Waals surface area contributed by atoms with Crippen LogP contribution in [0.25, 0.3) is 22.2 Å². The van der Waals surface area contributed by atoms with Gasteiger partial charge in [-0.2, -0.15) is 0 Å². The highest BCUT2D eigenvalue weighted by Gasteiger charge is 2.62. The number of sulfonamides is 1. The van der Waals surface area contributed by atoms with E-state index in [1.165, 1.54) is 11.0 Å². The average molecular weight is 746 g/mol. The van der Waals surface area contributed by atoms with E-state index < -0.39 is 68.1 Å². The maximum Gasteiger partial charge on any atom is 0.259 e. The third-order valence-electron chi connectivity index (χ3n) is 10.2. The van der Waals surface area contributed by atoms with Crippen molar-refractivity contribution in [2.45, 2.75) is 88.8 Å². The molecular formula is C39H47N5O8S. The van der Waals surface area contributed by atoms with Gasteiger partial charge in [0, 0.05) is 41.8 Å². The van der Waals surface area contributed by atoms with Gasteiger partial charge in [-0.15, -0.1) is 6.58 Å². The van der Waals surface area contributed by atoms with Crippen LogP contribution in [0.5, 0.6) is 11.5 Å². The first-order valence-electron chi connectivity index (χ1n) is 17.9. The molecule has 2 aliphatic carbocycles. The number of nitrogens with zero attached hydrogens (tertiary/aromatic N) is 2. The maximum atomic E-state index is 14.5. The minimum atomic E-state index is -3.89. The maximum absolute atomic E-state index is 14.5. The molecule has 5 atom stereocenters. The molecule has 53 heavy (non-hydrogen) atoms. The summed E-state index contributed by atoms with van der Waals surface area (Å²) in [7, 11) is -2.32. The van der Waals surface area contributed by atoms with E-state index in [1.54, 1.807) is 26.2 Å². The monoisotopic (exact) mass is 745 g/mol. The largest absolute Gasteiger partial charge is 0.497 e. The summed E-state index contributed by atoms with van der Waals surface area (Å²) in [5, 5.41) is 5.71. The van der Waals surface area contributed by atoms with E-state index in [0.717, 1.165) is 5.56 Å². The predicted octanol–water partition coefficient (Wildman–Crippen LogP) is 3.87. The number of carbonyl (C=O) groups is 4. The summed E-state index contributed by atoms with van der Waals surface area (Å²) in [4.78, 5) is 61.2. The molecule has 0 radical (unpaired) electrons. The summed E-state index contributed by atoms with van der Waals surface area (Å²) in [6.07, 6.45) is 2.10. The Morgan fingerprint density at radius 3 is 2.42 bits per heavy atom. The van der Waals surface area contributed by atoms with Crippen LogP contribution in [0.1, 0.15) is 59.8 Å². The Morgan fingerprint density at radius 1 is 1.09 bits per heavy atom. The molecule has 3 aliphatic rings. The minimum absolute atomic E-state index is 0.00766. The van der Waals surface area contributed by atoms with E-state index in [9.17, 15) is 27.6 Å². The second-order valence-corrected chi connectivity index (χ2v) is 17.1. The molecule has 3 fully saturated rings. The van der Waals surface area contributed by atoms with Crippen LogP contribution in [0.3, 0.4) is 0 Å². The average Bonchev–Trinajstić information content (AvgIpc) is 4.06. The van der Waals surface area contributed by atoms with Crippen molar-refractivity contribution >= 4 is 44.6 Å². The summed E-state index contributed by atoms with van der Waals surface area (Å²) in [5.41, 5.74) is -0.144. The normalized spacial score (nSPS) is 23.1. The number of nitrogens with one attached hydrogen (secondary N) is 3. The Balaban J connectivity index is 1.34. The van der Waals surface area contributed by atoms with Crippen molar-refractivity contribution < 1.29 is 37.1 Å². The Bertz CT molecular complexity index is 2050. The van der Waals surface area contributed by atoms with Crippen molar-refractivity contribution in [1.82, 2.24) is 25.2 Å². The molecule has 1 aromatic heterocycles. The van der Waals surface area contributed by atoms with Gasteiger partial charge in [0.15, 0.2) is 0 Å². The molecule has 2 aromatic carbocycles. The lowest BCUT2D eigenvalue weighted by Crippen LogP contribution is -2.60. The molecule has 2 unspecified atom stereocenters. The number of hydrogen-bond acceptors (Lipinski definition) is 9. The summed E-state index contributed by atoms with van der Waals surface area (Å²) in [6.45, 7) is 10.9. The zero-order valence-electron chi connectivity index (χ0n) is 30.7. The van der Waals surface area contributed by atoms with Crippen LogP contribution in [-0.4, -0.2) is 84.6 Å². The SMILES string of the molecule is C=CC1CC1(NC(=O)[C@@H]1C[C@@H](Oc2cc(-c3ccccc3)nc3cc(OC)ccc23)CN1C(=O)[C@@H](NC(=O)CC)C(C)(C)C)C(=O)NS(=O)(=O)C1CC1. The van der Waals surface area contributed by atoms with Gasteiger partial charge in [-0.25, -0.2) is 13.4 Å². The lowest BCUT2D eigenvalue weighted by molar-refractivity contribution is -0.144. The van der Waals surface area contributed by atoms with Gasteiger partial charge >= 0.3 is 0 Å². The van der Waals surface area contributed by atoms with Crippen molar-refractivity contribution in [2.75, 3.05) is 13.7 Å².